The molecule has 0 radical (unpaired) electrons. The van der Waals surface area contributed by atoms with Crippen LogP contribution in [0.15, 0.2) is 34.4 Å². The van der Waals surface area contributed by atoms with E-state index in [1.165, 1.54) is 0 Å². The maximum absolute atomic E-state index is 12.3. The normalized spacial score (nSPS) is 10.8. The highest BCUT2D eigenvalue weighted by Gasteiger charge is 2.09. The zero-order valence-electron chi connectivity index (χ0n) is 10.6. The maximum Gasteiger partial charge on any atom is 0.255 e. The second-order valence-corrected chi connectivity index (χ2v) is 5.18. The third-order valence-corrected chi connectivity index (χ3v) is 3.87. The molecule has 0 atom stereocenters. The van der Waals surface area contributed by atoms with E-state index < -0.39 is 0 Å². The van der Waals surface area contributed by atoms with Crippen LogP contribution in [0.1, 0.15) is 25.3 Å². The Hall–Kier alpha value is -1.39. The van der Waals surface area contributed by atoms with Crippen molar-refractivity contribution in [2.75, 3.05) is 0 Å². The van der Waals surface area contributed by atoms with Gasteiger partial charge in [-0.3, -0.25) is 4.79 Å². The van der Waals surface area contributed by atoms with Crippen molar-refractivity contribution >= 4 is 11.3 Å². The second kappa shape index (κ2) is 5.98. The maximum atomic E-state index is 12.3. The van der Waals surface area contributed by atoms with Crippen molar-refractivity contribution < 1.29 is 0 Å². The quantitative estimate of drug-likeness (QED) is 0.900. The molecular formula is C14H18N2OS. The number of thiophene rings is 1. The van der Waals surface area contributed by atoms with E-state index in [2.05, 4.69) is 6.92 Å². The highest BCUT2D eigenvalue weighted by Crippen LogP contribution is 2.24. The number of nitrogens with two attached hydrogens (primary N) is 1. The van der Waals surface area contributed by atoms with Gasteiger partial charge in [-0.25, -0.2) is 0 Å². The molecule has 0 spiro atoms. The third-order valence-electron chi connectivity index (χ3n) is 2.98. The third kappa shape index (κ3) is 2.54. The Balaban J connectivity index is 2.52. The van der Waals surface area contributed by atoms with Crippen LogP contribution in [0.3, 0.4) is 0 Å². The Labute approximate surface area is 111 Å². The molecule has 3 nitrogen and oxygen atoms in total. The van der Waals surface area contributed by atoms with Gasteiger partial charge >= 0.3 is 0 Å². The summed E-state index contributed by atoms with van der Waals surface area (Å²) in [5.74, 6) is 0. The molecule has 0 aliphatic rings. The summed E-state index contributed by atoms with van der Waals surface area (Å²) in [5.41, 5.74) is 7.35. The van der Waals surface area contributed by atoms with Crippen LogP contribution in [0.2, 0.25) is 0 Å². The van der Waals surface area contributed by atoms with Gasteiger partial charge in [0, 0.05) is 18.7 Å². The van der Waals surface area contributed by atoms with Crippen molar-refractivity contribution in [2.45, 2.75) is 32.9 Å². The Kier molecular flexibility index (Phi) is 4.33. The van der Waals surface area contributed by atoms with Gasteiger partial charge in [0.25, 0.3) is 5.56 Å². The summed E-state index contributed by atoms with van der Waals surface area (Å²) in [6.07, 6.45) is 2.08. The molecule has 4 heteroatoms. The summed E-state index contributed by atoms with van der Waals surface area (Å²) in [4.78, 5) is 13.4. The van der Waals surface area contributed by atoms with Crippen molar-refractivity contribution in [3.05, 3.63) is 45.6 Å². The van der Waals surface area contributed by atoms with Crippen molar-refractivity contribution in [1.29, 1.82) is 0 Å². The van der Waals surface area contributed by atoms with E-state index in [4.69, 9.17) is 5.73 Å². The number of unbranched alkanes of at least 4 members (excludes halogenated alkanes) is 1. The lowest BCUT2D eigenvalue weighted by molar-refractivity contribution is 0.614. The highest BCUT2D eigenvalue weighted by atomic mass is 32.1. The zero-order valence-corrected chi connectivity index (χ0v) is 11.4. The molecule has 0 aromatic carbocycles. The van der Waals surface area contributed by atoms with Crippen LogP contribution in [0.5, 0.6) is 0 Å². The van der Waals surface area contributed by atoms with Crippen LogP contribution in [0.4, 0.5) is 0 Å². The van der Waals surface area contributed by atoms with Crippen LogP contribution in [0.25, 0.3) is 10.6 Å². The predicted octanol–water partition coefficient (Wildman–Crippen LogP) is 2.84. The molecule has 96 valence electrons. The molecular weight excluding hydrogens is 244 g/mol. The number of rotatable bonds is 5. The summed E-state index contributed by atoms with van der Waals surface area (Å²) < 4.78 is 1.86. The minimum atomic E-state index is 0.0526. The average Bonchev–Trinajstić information content (AvgIpc) is 2.90. The second-order valence-electron chi connectivity index (χ2n) is 4.24. The van der Waals surface area contributed by atoms with E-state index in [1.807, 2.05) is 34.2 Å². The van der Waals surface area contributed by atoms with Crippen LogP contribution in [0, 0.1) is 0 Å². The van der Waals surface area contributed by atoms with Crippen molar-refractivity contribution in [2.24, 2.45) is 5.73 Å². The Morgan fingerprint density at radius 2 is 2.17 bits per heavy atom. The fourth-order valence-electron chi connectivity index (χ4n) is 1.96. The van der Waals surface area contributed by atoms with E-state index in [1.54, 1.807) is 11.3 Å². The van der Waals surface area contributed by atoms with E-state index in [0.717, 1.165) is 30.0 Å². The van der Waals surface area contributed by atoms with Gasteiger partial charge in [-0.1, -0.05) is 25.5 Å². The highest BCUT2D eigenvalue weighted by molar-refractivity contribution is 7.13. The minimum absolute atomic E-state index is 0.0526. The van der Waals surface area contributed by atoms with Gasteiger partial charge in [-0.15, -0.1) is 11.3 Å². The first-order chi connectivity index (χ1) is 8.77. The molecule has 0 bridgehead atoms. The number of nitrogens with zero attached hydrogens (tertiary/aromatic N) is 1. The topological polar surface area (TPSA) is 48.0 Å². The van der Waals surface area contributed by atoms with Gasteiger partial charge in [-0.2, -0.15) is 0 Å². The Bertz CT molecular complexity index is 558. The van der Waals surface area contributed by atoms with Gasteiger partial charge in [0.1, 0.15) is 0 Å². The molecule has 0 saturated carbocycles. The lowest BCUT2D eigenvalue weighted by Gasteiger charge is -2.12. The molecule has 2 aromatic rings. The molecule has 0 unspecified atom stereocenters. The van der Waals surface area contributed by atoms with E-state index in [0.29, 0.717) is 12.1 Å². The molecule has 0 aliphatic carbocycles. The smallest absolute Gasteiger partial charge is 0.255 e. The van der Waals surface area contributed by atoms with Crippen LogP contribution in [-0.2, 0) is 13.1 Å². The monoisotopic (exact) mass is 262 g/mol. The van der Waals surface area contributed by atoms with E-state index in [9.17, 15) is 4.79 Å². The standard InChI is InChI=1S/C14H18N2OS/c1-2-3-8-16-12(13-5-4-9-18-13)7-6-11(10-15)14(16)17/h4-7,9H,2-3,8,10,15H2,1H3. The zero-order chi connectivity index (χ0) is 13.0. The van der Waals surface area contributed by atoms with Crippen LogP contribution < -0.4 is 11.3 Å². The number of pyridine rings is 1. The summed E-state index contributed by atoms with van der Waals surface area (Å²) in [5, 5.41) is 2.03. The first-order valence-corrected chi connectivity index (χ1v) is 7.12. The summed E-state index contributed by atoms with van der Waals surface area (Å²) in [7, 11) is 0. The van der Waals surface area contributed by atoms with E-state index >= 15 is 0 Å². The summed E-state index contributed by atoms with van der Waals surface area (Å²) in [6, 6.07) is 7.90. The molecule has 18 heavy (non-hydrogen) atoms. The average molecular weight is 262 g/mol. The Morgan fingerprint density at radius 1 is 1.33 bits per heavy atom. The fraction of sp³-hybridized carbons (Fsp3) is 0.357. The molecule has 2 aromatic heterocycles. The first-order valence-electron chi connectivity index (χ1n) is 6.24. The van der Waals surface area contributed by atoms with Gasteiger partial charge in [0.15, 0.2) is 0 Å². The van der Waals surface area contributed by atoms with Crippen LogP contribution >= 0.6 is 11.3 Å². The number of aromatic nitrogens is 1. The summed E-state index contributed by atoms with van der Waals surface area (Å²) in [6.45, 7) is 3.19. The largest absolute Gasteiger partial charge is 0.326 e. The van der Waals surface area contributed by atoms with Crippen molar-refractivity contribution in [3.8, 4) is 10.6 Å². The molecule has 2 N–H and O–H groups in total. The molecule has 0 fully saturated rings. The molecule has 2 heterocycles. The molecule has 0 saturated heterocycles. The molecule has 2 rings (SSSR count). The van der Waals surface area contributed by atoms with Crippen LogP contribution in [-0.4, -0.2) is 4.57 Å². The first kappa shape index (κ1) is 13.1. The SMILES string of the molecule is CCCCn1c(-c2cccs2)ccc(CN)c1=O. The molecule has 0 aliphatic heterocycles. The fourth-order valence-corrected chi connectivity index (χ4v) is 2.72. The van der Waals surface area contributed by atoms with Gasteiger partial charge in [-0.05, 0) is 23.9 Å². The predicted molar refractivity (Wildman–Crippen MR) is 76.8 cm³/mol. The van der Waals surface area contributed by atoms with Gasteiger partial charge in [0.2, 0.25) is 0 Å². The lowest BCUT2D eigenvalue weighted by atomic mass is 10.2. The summed E-state index contributed by atoms with van der Waals surface area (Å²) >= 11 is 1.65. The van der Waals surface area contributed by atoms with Crippen molar-refractivity contribution in [3.63, 3.8) is 0 Å². The van der Waals surface area contributed by atoms with Gasteiger partial charge < -0.3 is 10.3 Å². The van der Waals surface area contributed by atoms with Gasteiger partial charge in [0.05, 0.1) is 10.6 Å². The lowest BCUT2D eigenvalue weighted by Crippen LogP contribution is -2.26. The molecule has 0 amide bonds. The number of hydrogen-bond donors (Lipinski definition) is 1. The number of hydrogen-bond acceptors (Lipinski definition) is 3. The van der Waals surface area contributed by atoms with Crippen molar-refractivity contribution in [1.82, 2.24) is 4.57 Å². The minimum Gasteiger partial charge on any atom is -0.326 e. The van der Waals surface area contributed by atoms with E-state index in [-0.39, 0.29) is 5.56 Å². The Morgan fingerprint density at radius 3 is 2.78 bits per heavy atom.